The minimum absolute atomic E-state index is 0.0738. The Kier molecular flexibility index (Phi) is 5.76. The Morgan fingerprint density at radius 2 is 1.62 bits per heavy atom. The summed E-state index contributed by atoms with van der Waals surface area (Å²) in [6.07, 6.45) is 3.24. The molecule has 7 nitrogen and oxygen atoms in total. The molecule has 0 N–H and O–H groups in total. The van der Waals surface area contributed by atoms with E-state index in [0.717, 1.165) is 18.7 Å². The van der Waals surface area contributed by atoms with Crippen LogP contribution in [0.25, 0.3) is 0 Å². The van der Waals surface area contributed by atoms with Crippen molar-refractivity contribution in [2.75, 3.05) is 44.2 Å². The van der Waals surface area contributed by atoms with E-state index in [1.807, 2.05) is 0 Å². The van der Waals surface area contributed by atoms with E-state index in [2.05, 4.69) is 9.88 Å². The predicted octanol–water partition coefficient (Wildman–Crippen LogP) is 2.48. The molecule has 0 aliphatic carbocycles. The number of sulfonamides is 1. The van der Waals surface area contributed by atoms with Crippen molar-refractivity contribution in [3.8, 4) is 0 Å². The van der Waals surface area contributed by atoms with Crippen LogP contribution in [0.15, 0.2) is 47.5 Å². The van der Waals surface area contributed by atoms with Crippen molar-refractivity contribution in [3.05, 3.63) is 53.2 Å². The topological polar surface area (TPSA) is 73.8 Å². The van der Waals surface area contributed by atoms with Gasteiger partial charge in [0.2, 0.25) is 10.0 Å². The maximum atomic E-state index is 12.7. The summed E-state index contributed by atoms with van der Waals surface area (Å²) in [5.74, 6) is 0.644. The molecule has 4 rings (SSSR count). The lowest BCUT2D eigenvalue weighted by Crippen LogP contribution is -2.49. The molecule has 0 radical (unpaired) electrons. The number of anilines is 1. The minimum atomic E-state index is -3.45. The van der Waals surface area contributed by atoms with Crippen LogP contribution in [0.1, 0.15) is 23.2 Å². The summed E-state index contributed by atoms with van der Waals surface area (Å²) in [7, 11) is -3.45. The van der Waals surface area contributed by atoms with Crippen LogP contribution >= 0.6 is 11.6 Å². The van der Waals surface area contributed by atoms with Crippen molar-refractivity contribution in [3.63, 3.8) is 0 Å². The monoisotopic (exact) mass is 434 g/mol. The second-order valence-corrected chi connectivity index (χ2v) is 9.57. The molecule has 29 heavy (non-hydrogen) atoms. The smallest absolute Gasteiger partial charge is 0.255 e. The Morgan fingerprint density at radius 3 is 2.24 bits per heavy atom. The Labute approximate surface area is 175 Å². The third kappa shape index (κ3) is 4.10. The van der Waals surface area contributed by atoms with Gasteiger partial charge in [0.05, 0.1) is 10.6 Å². The molecule has 1 aromatic heterocycles. The average Bonchev–Trinajstić information content (AvgIpc) is 3.30. The van der Waals surface area contributed by atoms with E-state index in [9.17, 15) is 13.2 Å². The quantitative estimate of drug-likeness (QED) is 0.739. The average molecular weight is 435 g/mol. The normalized spacial score (nSPS) is 18.2. The van der Waals surface area contributed by atoms with E-state index in [1.54, 1.807) is 41.3 Å². The summed E-state index contributed by atoms with van der Waals surface area (Å²) in [5.41, 5.74) is 0.511. The van der Waals surface area contributed by atoms with Crippen LogP contribution in [0.3, 0.4) is 0 Å². The van der Waals surface area contributed by atoms with Gasteiger partial charge in [0.25, 0.3) is 5.91 Å². The second kappa shape index (κ2) is 8.30. The number of carbonyl (C=O) groups is 1. The lowest BCUT2D eigenvalue weighted by molar-refractivity contribution is 0.0746. The number of piperazine rings is 1. The van der Waals surface area contributed by atoms with E-state index in [0.29, 0.717) is 49.9 Å². The summed E-state index contributed by atoms with van der Waals surface area (Å²) < 4.78 is 26.8. The van der Waals surface area contributed by atoms with Gasteiger partial charge in [0.1, 0.15) is 10.7 Å². The van der Waals surface area contributed by atoms with Gasteiger partial charge in [-0.2, -0.15) is 4.31 Å². The first-order valence-electron chi connectivity index (χ1n) is 9.72. The highest BCUT2D eigenvalue weighted by molar-refractivity contribution is 7.89. The molecule has 0 unspecified atom stereocenters. The first-order chi connectivity index (χ1) is 14.0. The second-order valence-electron chi connectivity index (χ2n) is 7.22. The Bertz CT molecular complexity index is 983. The lowest BCUT2D eigenvalue weighted by atomic mass is 10.2. The highest BCUT2D eigenvalue weighted by Gasteiger charge is 2.28. The maximum Gasteiger partial charge on any atom is 0.255 e. The number of halogens is 1. The predicted molar refractivity (Wildman–Crippen MR) is 112 cm³/mol. The SMILES string of the molecule is O=C(c1ccccc1Cl)N1CCN(c2ccc(S(=O)(=O)N3CCCC3)cn2)CC1. The molecule has 154 valence electrons. The number of rotatable bonds is 4. The molecule has 0 atom stereocenters. The standard InChI is InChI=1S/C20H23ClN4O3S/c21-18-6-2-1-5-17(18)20(26)24-13-11-23(12-14-24)19-8-7-16(15-22-19)29(27,28)25-9-3-4-10-25/h1-2,5-8,15H,3-4,9-14H2. The first kappa shape index (κ1) is 20.1. The van der Waals surface area contributed by atoms with E-state index in [4.69, 9.17) is 11.6 Å². The van der Waals surface area contributed by atoms with Crippen LogP contribution < -0.4 is 4.90 Å². The van der Waals surface area contributed by atoms with Gasteiger partial charge in [0, 0.05) is 45.5 Å². The molecular weight excluding hydrogens is 412 g/mol. The van der Waals surface area contributed by atoms with Crippen molar-refractivity contribution in [1.82, 2.24) is 14.2 Å². The van der Waals surface area contributed by atoms with Gasteiger partial charge in [-0.15, -0.1) is 0 Å². The van der Waals surface area contributed by atoms with Gasteiger partial charge in [-0.1, -0.05) is 23.7 Å². The number of hydrogen-bond donors (Lipinski definition) is 0. The fourth-order valence-electron chi connectivity index (χ4n) is 3.73. The zero-order valence-corrected chi connectivity index (χ0v) is 17.6. The number of carbonyl (C=O) groups excluding carboxylic acids is 1. The van der Waals surface area contributed by atoms with E-state index >= 15 is 0 Å². The molecule has 2 fully saturated rings. The number of aromatic nitrogens is 1. The number of benzene rings is 1. The van der Waals surface area contributed by atoms with Gasteiger partial charge in [-0.25, -0.2) is 13.4 Å². The van der Waals surface area contributed by atoms with Crippen molar-refractivity contribution in [1.29, 1.82) is 0 Å². The third-order valence-electron chi connectivity index (χ3n) is 5.42. The van der Waals surface area contributed by atoms with E-state index < -0.39 is 10.0 Å². The highest BCUT2D eigenvalue weighted by Crippen LogP contribution is 2.23. The Balaban J connectivity index is 1.40. The summed E-state index contributed by atoms with van der Waals surface area (Å²) in [4.78, 5) is 21.1. The molecule has 2 saturated heterocycles. The van der Waals surface area contributed by atoms with Gasteiger partial charge in [0.15, 0.2) is 0 Å². The molecule has 9 heteroatoms. The van der Waals surface area contributed by atoms with Crippen LogP contribution in [0.4, 0.5) is 5.82 Å². The van der Waals surface area contributed by atoms with Crippen molar-refractivity contribution >= 4 is 33.3 Å². The molecule has 2 aliphatic rings. The lowest BCUT2D eigenvalue weighted by Gasteiger charge is -2.35. The molecule has 1 amide bonds. The maximum absolute atomic E-state index is 12.7. The van der Waals surface area contributed by atoms with Crippen LogP contribution in [-0.2, 0) is 10.0 Å². The molecule has 1 aromatic carbocycles. The van der Waals surface area contributed by atoms with Crippen LogP contribution in [0, 0.1) is 0 Å². The zero-order valence-electron chi connectivity index (χ0n) is 16.0. The zero-order chi connectivity index (χ0) is 20.4. The van der Waals surface area contributed by atoms with E-state index in [1.165, 1.54) is 10.5 Å². The fourth-order valence-corrected chi connectivity index (χ4v) is 5.41. The van der Waals surface area contributed by atoms with Gasteiger partial charge in [-0.05, 0) is 37.1 Å². The number of pyridine rings is 1. The van der Waals surface area contributed by atoms with Gasteiger partial charge in [-0.3, -0.25) is 4.79 Å². The Morgan fingerprint density at radius 1 is 0.931 bits per heavy atom. The highest BCUT2D eigenvalue weighted by atomic mass is 35.5. The summed E-state index contributed by atoms with van der Waals surface area (Å²) in [5, 5.41) is 0.455. The molecule has 3 heterocycles. The van der Waals surface area contributed by atoms with Crippen molar-refractivity contribution in [2.45, 2.75) is 17.7 Å². The molecule has 2 aliphatic heterocycles. The summed E-state index contributed by atoms with van der Waals surface area (Å²) in [6, 6.07) is 10.4. The molecular formula is C20H23ClN4O3S. The van der Waals surface area contributed by atoms with Crippen molar-refractivity contribution in [2.24, 2.45) is 0 Å². The van der Waals surface area contributed by atoms with Gasteiger partial charge < -0.3 is 9.80 Å². The number of hydrogen-bond acceptors (Lipinski definition) is 5. The van der Waals surface area contributed by atoms with Crippen LogP contribution in [0.2, 0.25) is 5.02 Å². The van der Waals surface area contributed by atoms with Crippen molar-refractivity contribution < 1.29 is 13.2 Å². The first-order valence-corrected chi connectivity index (χ1v) is 11.5. The molecule has 0 saturated carbocycles. The fraction of sp³-hybridized carbons (Fsp3) is 0.400. The minimum Gasteiger partial charge on any atom is -0.353 e. The Hall–Kier alpha value is -2.16. The largest absolute Gasteiger partial charge is 0.353 e. The number of amides is 1. The molecule has 0 bridgehead atoms. The molecule has 2 aromatic rings. The summed E-state index contributed by atoms with van der Waals surface area (Å²) >= 11 is 6.14. The number of nitrogens with zero attached hydrogens (tertiary/aromatic N) is 4. The van der Waals surface area contributed by atoms with Crippen LogP contribution in [0.5, 0.6) is 0 Å². The van der Waals surface area contributed by atoms with Crippen LogP contribution in [-0.4, -0.2) is 67.8 Å². The summed E-state index contributed by atoms with van der Waals surface area (Å²) in [6.45, 7) is 3.51. The molecule has 0 spiro atoms. The third-order valence-corrected chi connectivity index (χ3v) is 7.63. The van der Waals surface area contributed by atoms with Gasteiger partial charge >= 0.3 is 0 Å². The van der Waals surface area contributed by atoms with E-state index in [-0.39, 0.29) is 10.8 Å².